The fourth-order valence-corrected chi connectivity index (χ4v) is 3.07. The predicted molar refractivity (Wildman–Crippen MR) is 70.8 cm³/mol. The molecular weight excluding hydrogens is 262 g/mol. The summed E-state index contributed by atoms with van der Waals surface area (Å²) in [6.07, 6.45) is 2.80. The first kappa shape index (κ1) is 14.8. The molecule has 0 spiro atoms. The Hall–Kier alpha value is -1.63. The molecule has 0 unspecified atom stereocenters. The van der Waals surface area contributed by atoms with Crippen molar-refractivity contribution in [1.29, 1.82) is 0 Å². The Labute approximate surface area is 117 Å². The van der Waals surface area contributed by atoms with Crippen LogP contribution in [0.25, 0.3) is 0 Å². The van der Waals surface area contributed by atoms with E-state index in [1.807, 2.05) is 0 Å². The van der Waals surface area contributed by atoms with E-state index in [4.69, 9.17) is 10.8 Å². The van der Waals surface area contributed by atoms with Crippen LogP contribution in [0.5, 0.6) is 0 Å². The van der Waals surface area contributed by atoms with Crippen molar-refractivity contribution in [1.82, 2.24) is 9.80 Å². The van der Waals surface area contributed by atoms with Gasteiger partial charge in [0, 0.05) is 26.1 Å². The molecule has 0 bridgehead atoms. The molecule has 2 saturated heterocycles. The van der Waals surface area contributed by atoms with Gasteiger partial charge in [-0.1, -0.05) is 0 Å². The molecule has 0 saturated carbocycles. The van der Waals surface area contributed by atoms with Crippen LogP contribution in [0.2, 0.25) is 0 Å². The monoisotopic (exact) mass is 283 g/mol. The average Bonchev–Trinajstić information content (AvgIpc) is 3.07. The molecule has 112 valence electrons. The number of carbonyl (C=O) groups excluding carboxylic acids is 2. The van der Waals surface area contributed by atoms with Crippen molar-refractivity contribution in [3.8, 4) is 0 Å². The van der Waals surface area contributed by atoms with Crippen LogP contribution in [-0.2, 0) is 14.4 Å². The second-order valence-corrected chi connectivity index (χ2v) is 5.31. The summed E-state index contributed by atoms with van der Waals surface area (Å²) >= 11 is 0. The van der Waals surface area contributed by atoms with E-state index in [0.29, 0.717) is 32.4 Å². The minimum Gasteiger partial charge on any atom is -0.480 e. The van der Waals surface area contributed by atoms with Crippen molar-refractivity contribution < 1.29 is 19.5 Å². The van der Waals surface area contributed by atoms with Crippen molar-refractivity contribution in [2.75, 3.05) is 19.6 Å². The normalized spacial score (nSPS) is 26.1. The topological polar surface area (TPSA) is 104 Å². The maximum atomic E-state index is 12.5. The van der Waals surface area contributed by atoms with E-state index in [2.05, 4.69) is 0 Å². The highest BCUT2D eigenvalue weighted by Crippen LogP contribution is 2.25. The number of carboxylic acid groups (broad SMARTS) is 1. The summed E-state index contributed by atoms with van der Waals surface area (Å²) in [6, 6.07) is -1.25. The fraction of sp³-hybridized carbons (Fsp3) is 0.769. The maximum Gasteiger partial charge on any atom is 0.326 e. The standard InChI is InChI=1S/C13H21N3O4/c14-6-5-11(17)15-7-1-3-9(15)12(18)16-8-2-4-10(16)13(19)20/h9-10H,1-8,14H2,(H,19,20)/t9-,10-/m0/s1. The van der Waals surface area contributed by atoms with Gasteiger partial charge < -0.3 is 20.6 Å². The van der Waals surface area contributed by atoms with Crippen LogP contribution in [0.4, 0.5) is 0 Å². The van der Waals surface area contributed by atoms with E-state index in [-0.39, 0.29) is 24.8 Å². The second-order valence-electron chi connectivity index (χ2n) is 5.31. The summed E-state index contributed by atoms with van der Waals surface area (Å²) in [5.74, 6) is -1.30. The third kappa shape index (κ3) is 2.77. The highest BCUT2D eigenvalue weighted by Gasteiger charge is 2.41. The summed E-state index contributed by atoms with van der Waals surface area (Å²) in [4.78, 5) is 38.6. The molecular formula is C13H21N3O4. The van der Waals surface area contributed by atoms with Gasteiger partial charge in [0.1, 0.15) is 12.1 Å². The quantitative estimate of drug-likeness (QED) is 0.717. The molecule has 0 aromatic heterocycles. The van der Waals surface area contributed by atoms with E-state index >= 15 is 0 Å². The fourth-order valence-electron chi connectivity index (χ4n) is 3.07. The lowest BCUT2D eigenvalue weighted by Crippen LogP contribution is -2.51. The van der Waals surface area contributed by atoms with Crippen LogP contribution in [0.15, 0.2) is 0 Å². The molecule has 2 rings (SSSR count). The number of likely N-dealkylation sites (tertiary alicyclic amines) is 2. The van der Waals surface area contributed by atoms with Crippen LogP contribution in [-0.4, -0.2) is 64.4 Å². The first-order valence-electron chi connectivity index (χ1n) is 7.09. The third-order valence-corrected chi connectivity index (χ3v) is 4.04. The van der Waals surface area contributed by atoms with Crippen LogP contribution in [0.1, 0.15) is 32.1 Å². The molecule has 2 heterocycles. The molecule has 7 nitrogen and oxygen atoms in total. The Morgan fingerprint density at radius 1 is 1.05 bits per heavy atom. The van der Waals surface area contributed by atoms with E-state index in [1.54, 1.807) is 4.90 Å². The smallest absolute Gasteiger partial charge is 0.326 e. The molecule has 2 aliphatic rings. The summed E-state index contributed by atoms with van der Waals surface area (Å²) in [7, 11) is 0. The van der Waals surface area contributed by atoms with Crippen molar-refractivity contribution in [2.24, 2.45) is 5.73 Å². The lowest BCUT2D eigenvalue weighted by atomic mass is 10.1. The lowest BCUT2D eigenvalue weighted by Gasteiger charge is -2.30. The maximum absolute atomic E-state index is 12.5. The Balaban J connectivity index is 2.07. The van der Waals surface area contributed by atoms with Crippen molar-refractivity contribution in [3.05, 3.63) is 0 Å². The molecule has 0 aromatic carbocycles. The van der Waals surface area contributed by atoms with Gasteiger partial charge in [0.2, 0.25) is 11.8 Å². The Morgan fingerprint density at radius 3 is 2.25 bits per heavy atom. The largest absolute Gasteiger partial charge is 0.480 e. The molecule has 20 heavy (non-hydrogen) atoms. The summed E-state index contributed by atoms with van der Waals surface area (Å²) < 4.78 is 0. The summed E-state index contributed by atoms with van der Waals surface area (Å²) in [5, 5.41) is 9.14. The van der Waals surface area contributed by atoms with Gasteiger partial charge >= 0.3 is 5.97 Å². The molecule has 0 aromatic rings. The number of aliphatic carboxylic acids is 1. The zero-order valence-corrected chi connectivity index (χ0v) is 11.5. The molecule has 2 aliphatic heterocycles. The zero-order chi connectivity index (χ0) is 14.7. The molecule has 2 fully saturated rings. The van der Waals surface area contributed by atoms with Crippen LogP contribution in [0.3, 0.4) is 0 Å². The van der Waals surface area contributed by atoms with Gasteiger partial charge in [-0.05, 0) is 25.7 Å². The Bertz CT molecular complexity index is 412. The third-order valence-electron chi connectivity index (χ3n) is 4.04. The number of nitrogens with zero attached hydrogens (tertiary/aromatic N) is 2. The number of carbonyl (C=O) groups is 3. The van der Waals surface area contributed by atoms with Gasteiger partial charge in [0.25, 0.3) is 0 Å². The zero-order valence-electron chi connectivity index (χ0n) is 11.5. The molecule has 7 heteroatoms. The van der Waals surface area contributed by atoms with Gasteiger partial charge in [-0.15, -0.1) is 0 Å². The van der Waals surface area contributed by atoms with Crippen molar-refractivity contribution in [3.63, 3.8) is 0 Å². The Kier molecular flexibility index (Phi) is 4.59. The molecule has 2 atom stereocenters. The molecule has 3 N–H and O–H groups in total. The van der Waals surface area contributed by atoms with Crippen molar-refractivity contribution in [2.45, 2.75) is 44.2 Å². The first-order valence-corrected chi connectivity index (χ1v) is 7.09. The number of carboxylic acids is 1. The van der Waals surface area contributed by atoms with Gasteiger partial charge in [-0.2, -0.15) is 0 Å². The van der Waals surface area contributed by atoms with Gasteiger partial charge in [-0.3, -0.25) is 9.59 Å². The van der Waals surface area contributed by atoms with Crippen molar-refractivity contribution >= 4 is 17.8 Å². The summed E-state index contributed by atoms with van der Waals surface area (Å²) in [5.41, 5.74) is 5.38. The minimum atomic E-state index is -0.964. The molecule has 0 radical (unpaired) electrons. The van der Waals surface area contributed by atoms with E-state index in [1.165, 1.54) is 4.90 Å². The van der Waals surface area contributed by atoms with E-state index in [0.717, 1.165) is 6.42 Å². The average molecular weight is 283 g/mol. The number of hydrogen-bond donors (Lipinski definition) is 2. The minimum absolute atomic E-state index is 0.116. The first-order chi connectivity index (χ1) is 9.56. The SMILES string of the molecule is NCCC(=O)N1CCC[C@H]1C(=O)N1CCC[C@H]1C(=O)O. The predicted octanol–water partition coefficient (Wildman–Crippen LogP) is -0.598. The van der Waals surface area contributed by atoms with Gasteiger partial charge in [0.15, 0.2) is 0 Å². The van der Waals surface area contributed by atoms with E-state index < -0.39 is 18.1 Å². The number of hydrogen-bond acceptors (Lipinski definition) is 4. The van der Waals surface area contributed by atoms with Crippen LogP contribution >= 0.6 is 0 Å². The molecule has 0 aliphatic carbocycles. The van der Waals surface area contributed by atoms with Gasteiger partial charge in [-0.25, -0.2) is 4.79 Å². The highest BCUT2D eigenvalue weighted by atomic mass is 16.4. The summed E-state index contributed by atoms with van der Waals surface area (Å²) in [6.45, 7) is 1.28. The van der Waals surface area contributed by atoms with Gasteiger partial charge in [0.05, 0.1) is 0 Å². The Morgan fingerprint density at radius 2 is 1.65 bits per heavy atom. The van der Waals surface area contributed by atoms with Crippen LogP contribution < -0.4 is 5.73 Å². The second kappa shape index (κ2) is 6.21. The van der Waals surface area contributed by atoms with Crippen LogP contribution in [0, 0.1) is 0 Å². The number of amides is 2. The molecule has 2 amide bonds. The highest BCUT2D eigenvalue weighted by molar-refractivity contribution is 5.91. The number of nitrogens with two attached hydrogens (primary N) is 1. The lowest BCUT2D eigenvalue weighted by molar-refractivity contribution is -0.151. The number of rotatable bonds is 4. The van der Waals surface area contributed by atoms with E-state index in [9.17, 15) is 14.4 Å².